The van der Waals surface area contributed by atoms with Gasteiger partial charge >= 0.3 is 0 Å². The molecule has 1 aliphatic rings. The minimum atomic E-state index is -3.87. The number of piperazine rings is 1. The van der Waals surface area contributed by atoms with Gasteiger partial charge in [-0.15, -0.1) is 0 Å². The van der Waals surface area contributed by atoms with Gasteiger partial charge in [0.25, 0.3) is 15.9 Å². The Balaban J connectivity index is 1.80. The van der Waals surface area contributed by atoms with Gasteiger partial charge in [-0.1, -0.05) is 36.4 Å². The van der Waals surface area contributed by atoms with Crippen LogP contribution in [0.15, 0.2) is 65.6 Å². The molecule has 1 heterocycles. The van der Waals surface area contributed by atoms with Gasteiger partial charge in [0.2, 0.25) is 0 Å². The molecule has 1 fully saturated rings. The topological polar surface area (TPSA) is 78.5 Å². The Morgan fingerprint density at radius 1 is 1.04 bits per heavy atom. The van der Waals surface area contributed by atoms with Gasteiger partial charge in [0, 0.05) is 25.3 Å². The highest BCUT2D eigenvalue weighted by Gasteiger charge is 2.31. The Hall–Kier alpha value is -2.38. The third kappa shape index (κ3) is 3.58. The molecule has 0 bridgehead atoms. The molecule has 1 amide bonds. The lowest BCUT2D eigenvalue weighted by molar-refractivity contribution is -0.120. The number of carbonyl (C=O) groups is 1. The first-order chi connectivity index (χ1) is 11.6. The number of nitrogens with one attached hydrogen (secondary N) is 2. The number of rotatable bonds is 4. The van der Waals surface area contributed by atoms with Crippen molar-refractivity contribution < 1.29 is 13.2 Å². The largest absolute Gasteiger partial charge is 0.357 e. The van der Waals surface area contributed by atoms with Crippen LogP contribution in [-0.2, 0) is 14.8 Å². The summed E-state index contributed by atoms with van der Waals surface area (Å²) in [6.07, 6.45) is 0. The molecule has 126 valence electrons. The SMILES string of the molecule is O=C(NS(=O)(=O)c1ccccc1)C1CNCCN1c1ccccc1. The van der Waals surface area contributed by atoms with Crippen LogP contribution >= 0.6 is 0 Å². The summed E-state index contributed by atoms with van der Waals surface area (Å²) in [7, 11) is -3.87. The zero-order valence-electron chi connectivity index (χ0n) is 13.1. The van der Waals surface area contributed by atoms with E-state index in [1.807, 2.05) is 35.2 Å². The molecule has 0 spiro atoms. The van der Waals surface area contributed by atoms with Gasteiger partial charge in [-0.25, -0.2) is 13.1 Å². The zero-order valence-corrected chi connectivity index (χ0v) is 13.9. The first-order valence-corrected chi connectivity index (χ1v) is 9.20. The molecule has 2 aromatic rings. The van der Waals surface area contributed by atoms with Crippen molar-refractivity contribution in [3.63, 3.8) is 0 Å². The predicted molar refractivity (Wildman–Crippen MR) is 92.2 cm³/mol. The Labute approximate surface area is 141 Å². The molecule has 24 heavy (non-hydrogen) atoms. The highest BCUT2D eigenvalue weighted by atomic mass is 32.2. The van der Waals surface area contributed by atoms with Crippen LogP contribution in [0.4, 0.5) is 5.69 Å². The first-order valence-electron chi connectivity index (χ1n) is 7.72. The van der Waals surface area contributed by atoms with E-state index in [1.54, 1.807) is 18.2 Å². The molecule has 0 radical (unpaired) electrons. The fourth-order valence-electron chi connectivity index (χ4n) is 2.73. The van der Waals surface area contributed by atoms with E-state index in [1.165, 1.54) is 12.1 Å². The zero-order chi connectivity index (χ0) is 17.0. The molecular weight excluding hydrogens is 326 g/mol. The smallest absolute Gasteiger partial charge is 0.264 e. The maximum atomic E-state index is 12.6. The summed E-state index contributed by atoms with van der Waals surface area (Å²) >= 11 is 0. The summed E-state index contributed by atoms with van der Waals surface area (Å²) in [5.74, 6) is -0.532. The van der Waals surface area contributed by atoms with Crippen molar-refractivity contribution in [3.05, 3.63) is 60.7 Å². The lowest BCUT2D eigenvalue weighted by atomic mass is 10.1. The van der Waals surface area contributed by atoms with Crippen LogP contribution in [-0.4, -0.2) is 40.0 Å². The van der Waals surface area contributed by atoms with Gasteiger partial charge in [-0.2, -0.15) is 0 Å². The minimum Gasteiger partial charge on any atom is -0.357 e. The molecule has 1 unspecified atom stereocenters. The molecule has 1 atom stereocenters. The van der Waals surface area contributed by atoms with Crippen molar-refractivity contribution in [2.24, 2.45) is 0 Å². The minimum absolute atomic E-state index is 0.0772. The first kappa shape index (κ1) is 16.5. The third-order valence-electron chi connectivity index (χ3n) is 3.92. The Morgan fingerprint density at radius 2 is 1.67 bits per heavy atom. The highest BCUT2D eigenvalue weighted by molar-refractivity contribution is 7.90. The second-order valence-electron chi connectivity index (χ2n) is 5.53. The molecule has 0 aliphatic carbocycles. The maximum Gasteiger partial charge on any atom is 0.264 e. The van der Waals surface area contributed by atoms with Gasteiger partial charge in [-0.05, 0) is 24.3 Å². The van der Waals surface area contributed by atoms with Gasteiger partial charge in [-0.3, -0.25) is 4.79 Å². The molecule has 1 saturated heterocycles. The Bertz CT molecular complexity index is 794. The number of para-hydroxylation sites is 1. The lowest BCUT2D eigenvalue weighted by Gasteiger charge is -2.36. The predicted octanol–water partition coefficient (Wildman–Crippen LogP) is 0.970. The second kappa shape index (κ2) is 7.02. The summed E-state index contributed by atoms with van der Waals surface area (Å²) < 4.78 is 26.9. The molecule has 0 aromatic heterocycles. The van der Waals surface area contributed by atoms with E-state index in [9.17, 15) is 13.2 Å². The molecule has 2 N–H and O–H groups in total. The molecule has 3 rings (SSSR count). The fourth-order valence-corrected chi connectivity index (χ4v) is 3.76. The van der Waals surface area contributed by atoms with Crippen LogP contribution in [0.2, 0.25) is 0 Å². The molecule has 6 nitrogen and oxygen atoms in total. The van der Waals surface area contributed by atoms with Crippen LogP contribution in [0.5, 0.6) is 0 Å². The van der Waals surface area contributed by atoms with Crippen molar-refractivity contribution >= 4 is 21.6 Å². The van der Waals surface area contributed by atoms with Crippen molar-refractivity contribution in [1.82, 2.24) is 10.0 Å². The van der Waals surface area contributed by atoms with Crippen LogP contribution < -0.4 is 14.9 Å². The van der Waals surface area contributed by atoms with E-state index in [-0.39, 0.29) is 4.90 Å². The number of amides is 1. The van der Waals surface area contributed by atoms with Crippen LogP contribution in [0.3, 0.4) is 0 Å². The average molecular weight is 345 g/mol. The standard InChI is InChI=1S/C17H19N3O3S/c21-17(19-24(22,23)15-9-5-2-6-10-15)16-13-18-11-12-20(16)14-7-3-1-4-8-14/h1-10,16,18H,11-13H2,(H,19,21). The van der Waals surface area contributed by atoms with Crippen molar-refractivity contribution in [2.75, 3.05) is 24.5 Å². The van der Waals surface area contributed by atoms with Crippen molar-refractivity contribution in [2.45, 2.75) is 10.9 Å². The highest BCUT2D eigenvalue weighted by Crippen LogP contribution is 2.18. The van der Waals surface area contributed by atoms with Crippen LogP contribution in [0.25, 0.3) is 0 Å². The Kier molecular flexibility index (Phi) is 4.82. The van der Waals surface area contributed by atoms with Crippen molar-refractivity contribution in [3.8, 4) is 0 Å². The van der Waals surface area contributed by atoms with E-state index in [0.29, 0.717) is 13.1 Å². The summed E-state index contributed by atoms with van der Waals surface area (Å²) in [5, 5.41) is 3.14. The number of sulfonamides is 1. The lowest BCUT2D eigenvalue weighted by Crippen LogP contribution is -2.58. The number of hydrogen-bond donors (Lipinski definition) is 2. The normalized spacial score (nSPS) is 18.2. The van der Waals surface area contributed by atoms with Gasteiger partial charge in [0.15, 0.2) is 0 Å². The monoisotopic (exact) mass is 345 g/mol. The van der Waals surface area contributed by atoms with Gasteiger partial charge in [0.05, 0.1) is 4.90 Å². The number of nitrogens with zero attached hydrogens (tertiary/aromatic N) is 1. The van der Waals surface area contributed by atoms with Crippen LogP contribution in [0.1, 0.15) is 0 Å². The quantitative estimate of drug-likeness (QED) is 0.863. The third-order valence-corrected chi connectivity index (χ3v) is 5.29. The summed E-state index contributed by atoms with van der Waals surface area (Å²) in [6.45, 7) is 1.77. The van der Waals surface area contributed by atoms with Crippen LogP contribution in [0, 0.1) is 0 Å². The Morgan fingerprint density at radius 3 is 2.33 bits per heavy atom. The maximum absolute atomic E-state index is 12.6. The number of anilines is 1. The van der Waals surface area contributed by atoms with Crippen molar-refractivity contribution in [1.29, 1.82) is 0 Å². The fraction of sp³-hybridized carbons (Fsp3) is 0.235. The summed E-state index contributed by atoms with van der Waals surface area (Å²) in [5.41, 5.74) is 0.899. The van der Waals surface area contributed by atoms with Gasteiger partial charge < -0.3 is 10.2 Å². The van der Waals surface area contributed by atoms with E-state index in [2.05, 4.69) is 10.0 Å². The molecule has 0 saturated carbocycles. The molecule has 2 aromatic carbocycles. The number of carbonyl (C=O) groups excluding carboxylic acids is 1. The second-order valence-corrected chi connectivity index (χ2v) is 7.21. The van der Waals surface area contributed by atoms with E-state index >= 15 is 0 Å². The summed E-state index contributed by atoms with van der Waals surface area (Å²) in [6, 6.07) is 16.8. The van der Waals surface area contributed by atoms with E-state index in [4.69, 9.17) is 0 Å². The van der Waals surface area contributed by atoms with Gasteiger partial charge in [0.1, 0.15) is 6.04 Å². The molecule has 1 aliphatic heterocycles. The van der Waals surface area contributed by atoms with E-state index < -0.39 is 22.0 Å². The molecular formula is C17H19N3O3S. The number of benzene rings is 2. The summed E-state index contributed by atoms with van der Waals surface area (Å²) in [4.78, 5) is 14.6. The van der Waals surface area contributed by atoms with E-state index in [0.717, 1.165) is 12.2 Å². The molecule has 7 heteroatoms. The average Bonchev–Trinajstić information content (AvgIpc) is 2.63. The number of hydrogen-bond acceptors (Lipinski definition) is 5.